The largest absolute Gasteiger partial charge is 0.491 e. The number of nitrogens with one attached hydrogen (secondary N) is 1. The van der Waals surface area contributed by atoms with Gasteiger partial charge < -0.3 is 19.5 Å². The monoisotopic (exact) mass is 540 g/mol. The maximum atomic E-state index is 6.53. The van der Waals surface area contributed by atoms with Gasteiger partial charge in [0, 0.05) is 28.9 Å². The smallest absolute Gasteiger partial charge is 0.223 e. The van der Waals surface area contributed by atoms with Crippen molar-refractivity contribution < 1.29 is 14.2 Å². The molecule has 192 valence electrons. The van der Waals surface area contributed by atoms with Gasteiger partial charge in [0.2, 0.25) is 11.7 Å². The van der Waals surface area contributed by atoms with Crippen molar-refractivity contribution in [3.8, 4) is 17.0 Å². The highest BCUT2D eigenvalue weighted by atomic mass is 35.5. The molecule has 0 spiro atoms. The molecule has 0 radical (unpaired) electrons. The van der Waals surface area contributed by atoms with Crippen LogP contribution in [-0.4, -0.2) is 50.6 Å². The number of nitrogens with zero attached hydrogens (tertiary/aromatic N) is 5. The zero-order valence-electron chi connectivity index (χ0n) is 20.2. The van der Waals surface area contributed by atoms with Gasteiger partial charge in [-0.25, -0.2) is 19.6 Å². The lowest BCUT2D eigenvalue weighted by Crippen LogP contribution is -2.35. The fourth-order valence-electron chi connectivity index (χ4n) is 4.03. The zero-order chi connectivity index (χ0) is 25.7. The molecule has 1 aliphatic heterocycles. The number of hydrogen-bond donors (Lipinski definition) is 1. The number of hydrogen-bond acceptors (Lipinski definition) is 8. The van der Waals surface area contributed by atoms with Crippen molar-refractivity contribution in [2.75, 3.05) is 25.1 Å². The van der Waals surface area contributed by atoms with Crippen molar-refractivity contribution in [3.63, 3.8) is 0 Å². The van der Waals surface area contributed by atoms with Gasteiger partial charge in [-0.05, 0) is 48.9 Å². The summed E-state index contributed by atoms with van der Waals surface area (Å²) in [6.45, 7) is 3.81. The second-order valence-electron chi connectivity index (χ2n) is 8.55. The molecule has 0 bridgehead atoms. The van der Waals surface area contributed by atoms with E-state index in [9.17, 15) is 0 Å². The second-order valence-corrected chi connectivity index (χ2v) is 9.39. The van der Waals surface area contributed by atoms with Gasteiger partial charge in [-0.15, -0.1) is 0 Å². The quantitative estimate of drug-likeness (QED) is 0.292. The molecule has 3 heterocycles. The lowest BCUT2D eigenvalue weighted by Gasteiger charge is -2.29. The summed E-state index contributed by atoms with van der Waals surface area (Å²) < 4.78 is 20.3. The molecule has 2 aromatic carbocycles. The normalized spacial score (nSPS) is 19.2. The third-order valence-electron chi connectivity index (χ3n) is 5.81. The Morgan fingerprint density at radius 3 is 2.78 bits per heavy atom. The van der Waals surface area contributed by atoms with Gasteiger partial charge in [-0.2, -0.15) is 5.10 Å². The Morgan fingerprint density at radius 1 is 1.16 bits per heavy atom. The number of ether oxygens (including phenoxy) is 3. The maximum Gasteiger partial charge on any atom is 0.223 e. The first-order chi connectivity index (χ1) is 18.0. The van der Waals surface area contributed by atoms with E-state index < -0.39 is 5.79 Å². The van der Waals surface area contributed by atoms with Crippen molar-refractivity contribution in [2.45, 2.75) is 31.8 Å². The first-order valence-corrected chi connectivity index (χ1v) is 12.7. The summed E-state index contributed by atoms with van der Waals surface area (Å²) in [5.74, 6) is 0.182. The van der Waals surface area contributed by atoms with E-state index in [0.29, 0.717) is 40.5 Å². The first kappa shape index (κ1) is 25.4. The van der Waals surface area contributed by atoms with Crippen molar-refractivity contribution in [3.05, 3.63) is 83.0 Å². The summed E-state index contributed by atoms with van der Waals surface area (Å²) in [5.41, 5.74) is 2.47. The molecule has 5 rings (SSSR count). The van der Waals surface area contributed by atoms with Crippen molar-refractivity contribution in [2.24, 2.45) is 0 Å². The third-order valence-corrected chi connectivity index (χ3v) is 6.36. The predicted molar refractivity (Wildman–Crippen MR) is 141 cm³/mol. The second kappa shape index (κ2) is 11.4. The molecule has 0 aliphatic carbocycles. The molecule has 1 N–H and O–H groups in total. The van der Waals surface area contributed by atoms with Crippen molar-refractivity contribution in [1.82, 2.24) is 24.7 Å². The first-order valence-electron chi connectivity index (χ1n) is 11.9. The van der Waals surface area contributed by atoms with Crippen LogP contribution in [0.2, 0.25) is 10.0 Å². The van der Waals surface area contributed by atoms with Gasteiger partial charge >= 0.3 is 0 Å². The standard InChI is InChI=1S/C26H26Cl2N6O3/c1-2-10-30-25-31-11-9-24(33-25)18-3-6-20(7-4-18)35-13-21-14-36-26(37-21,15-34-17-29-16-32-34)22-8-5-19(27)12-23(22)28/h3-9,11-12,16-17,21H,2,10,13-15H2,1H3,(H,30,31,33)/t21-,26-/m1/s1. The zero-order valence-corrected chi connectivity index (χ0v) is 21.7. The predicted octanol–water partition coefficient (Wildman–Crippen LogP) is 5.21. The lowest BCUT2D eigenvalue weighted by molar-refractivity contribution is -0.190. The lowest BCUT2D eigenvalue weighted by atomic mass is 10.1. The summed E-state index contributed by atoms with van der Waals surface area (Å²) in [6.07, 6.45) is 5.48. The van der Waals surface area contributed by atoms with E-state index in [1.807, 2.05) is 30.3 Å². The van der Waals surface area contributed by atoms with Gasteiger partial charge in [0.25, 0.3) is 0 Å². The van der Waals surface area contributed by atoms with E-state index in [1.165, 1.54) is 6.33 Å². The van der Waals surface area contributed by atoms with E-state index in [4.69, 9.17) is 37.4 Å². The molecule has 1 aliphatic rings. The number of aromatic nitrogens is 5. The molecule has 0 saturated carbocycles. The Bertz CT molecular complexity index is 1320. The Morgan fingerprint density at radius 2 is 2.03 bits per heavy atom. The maximum absolute atomic E-state index is 6.53. The number of halogens is 2. The number of rotatable bonds is 10. The van der Waals surface area contributed by atoms with Crippen molar-refractivity contribution >= 4 is 29.2 Å². The molecule has 4 aromatic rings. The van der Waals surface area contributed by atoms with E-state index in [1.54, 1.807) is 35.4 Å². The topological polar surface area (TPSA) is 96.2 Å². The van der Waals surface area contributed by atoms with Crippen LogP contribution >= 0.6 is 23.2 Å². The molecule has 0 unspecified atom stereocenters. The molecule has 0 amide bonds. The molecule has 9 nitrogen and oxygen atoms in total. The van der Waals surface area contributed by atoms with Gasteiger partial charge in [0.15, 0.2) is 0 Å². The highest BCUT2D eigenvalue weighted by molar-refractivity contribution is 6.35. The minimum atomic E-state index is -1.15. The van der Waals surface area contributed by atoms with Gasteiger partial charge in [-0.1, -0.05) is 36.2 Å². The molecule has 1 fully saturated rings. The van der Waals surface area contributed by atoms with Crippen LogP contribution in [0.1, 0.15) is 18.9 Å². The van der Waals surface area contributed by atoms with Crippen LogP contribution in [-0.2, 0) is 21.8 Å². The summed E-state index contributed by atoms with van der Waals surface area (Å²) in [7, 11) is 0. The molecule has 2 aromatic heterocycles. The van der Waals surface area contributed by atoms with Crippen LogP contribution in [0.25, 0.3) is 11.3 Å². The third kappa shape index (κ3) is 6.02. The SMILES string of the molecule is CCCNc1nccc(-c2ccc(OC[C@@H]3CO[C@@](Cn4cncn4)(c4ccc(Cl)cc4Cl)O3)cc2)n1. The summed E-state index contributed by atoms with van der Waals surface area (Å²) in [6, 6.07) is 14.9. The molecule has 11 heteroatoms. The van der Waals surface area contributed by atoms with Crippen LogP contribution in [0.15, 0.2) is 67.4 Å². The van der Waals surface area contributed by atoms with Crippen LogP contribution in [0.3, 0.4) is 0 Å². The minimum absolute atomic E-state index is 0.271. The Hall–Kier alpha value is -3.24. The van der Waals surface area contributed by atoms with E-state index >= 15 is 0 Å². The fourth-order valence-corrected chi connectivity index (χ4v) is 4.59. The van der Waals surface area contributed by atoms with Gasteiger partial charge in [0.1, 0.15) is 37.7 Å². The van der Waals surface area contributed by atoms with Crippen LogP contribution in [0, 0.1) is 0 Å². The van der Waals surface area contributed by atoms with Crippen LogP contribution < -0.4 is 10.1 Å². The highest BCUT2D eigenvalue weighted by Gasteiger charge is 2.45. The van der Waals surface area contributed by atoms with Gasteiger partial charge in [0.05, 0.1) is 17.3 Å². The van der Waals surface area contributed by atoms with Gasteiger partial charge in [-0.3, -0.25) is 0 Å². The number of anilines is 1. The average molecular weight is 541 g/mol. The summed E-state index contributed by atoms with van der Waals surface area (Å²) in [4.78, 5) is 12.9. The average Bonchev–Trinajstić information content (AvgIpc) is 3.57. The van der Waals surface area contributed by atoms with E-state index in [2.05, 4.69) is 32.3 Å². The molecule has 2 atom stereocenters. The fraction of sp³-hybridized carbons (Fsp3) is 0.308. The van der Waals surface area contributed by atoms with Crippen molar-refractivity contribution in [1.29, 1.82) is 0 Å². The Balaban J connectivity index is 1.25. The molecule has 1 saturated heterocycles. The minimum Gasteiger partial charge on any atom is -0.491 e. The molecular formula is C26H26Cl2N6O3. The number of benzene rings is 2. The Labute approximate surface area is 224 Å². The summed E-state index contributed by atoms with van der Waals surface area (Å²) >= 11 is 12.6. The highest BCUT2D eigenvalue weighted by Crippen LogP contribution is 2.40. The molecule has 37 heavy (non-hydrogen) atoms. The van der Waals surface area contributed by atoms with E-state index in [0.717, 1.165) is 24.2 Å². The Kier molecular flexibility index (Phi) is 7.85. The van der Waals surface area contributed by atoms with Crippen LogP contribution in [0.4, 0.5) is 5.95 Å². The summed E-state index contributed by atoms with van der Waals surface area (Å²) in [5, 5.41) is 8.39. The van der Waals surface area contributed by atoms with Crippen LogP contribution in [0.5, 0.6) is 5.75 Å². The molecular weight excluding hydrogens is 515 g/mol. The van der Waals surface area contributed by atoms with E-state index in [-0.39, 0.29) is 12.6 Å².